The molecule has 2 aliphatic rings. The van der Waals surface area contributed by atoms with Gasteiger partial charge in [-0.15, -0.1) is 0 Å². The largest absolute Gasteiger partial charge is 0.458 e. The van der Waals surface area contributed by atoms with Crippen molar-refractivity contribution in [3.8, 4) is 97.0 Å². The van der Waals surface area contributed by atoms with Crippen LogP contribution in [0.25, 0.3) is 95.8 Å². The minimum Gasteiger partial charge on any atom is -0.458 e. The highest BCUT2D eigenvalue weighted by Gasteiger charge is 2.42. The molecule has 14 rings (SSSR count). The Hall–Kier alpha value is -9.54. The summed E-state index contributed by atoms with van der Waals surface area (Å²) in [5.41, 5.74) is 18.0. The van der Waals surface area contributed by atoms with Crippen LogP contribution in [0.3, 0.4) is 0 Å². The maximum absolute atomic E-state index is 7.31. The van der Waals surface area contributed by atoms with Gasteiger partial charge in [-0.1, -0.05) is 270 Å². The van der Waals surface area contributed by atoms with Gasteiger partial charge in [-0.05, 0) is 101 Å². The van der Waals surface area contributed by atoms with Crippen LogP contribution < -0.4 is 25.9 Å². The third-order valence-electron chi connectivity index (χ3n) is 19.0. The molecule has 94 heavy (non-hydrogen) atoms. The third kappa shape index (κ3) is 11.3. The highest BCUT2D eigenvalue weighted by Crippen LogP contribution is 2.46. The number of aromatic nitrogens is 7. The lowest BCUT2D eigenvalue weighted by molar-refractivity contribution is 0.463. The van der Waals surface area contributed by atoms with E-state index >= 15 is 0 Å². The van der Waals surface area contributed by atoms with E-state index in [1.165, 1.54) is 33.4 Å². The lowest BCUT2D eigenvalue weighted by Gasteiger charge is -2.35. The topological polar surface area (TPSA) is 101 Å². The maximum Gasteiger partial charge on any atom is 0.260 e. The van der Waals surface area contributed by atoms with E-state index < -0.39 is 0 Å². The van der Waals surface area contributed by atoms with E-state index in [1.54, 1.807) is 0 Å². The van der Waals surface area contributed by atoms with E-state index in [0.717, 1.165) is 100 Å². The first-order chi connectivity index (χ1) is 44.3. The first-order valence-corrected chi connectivity index (χ1v) is 33.2. The van der Waals surface area contributed by atoms with Crippen LogP contribution in [0.1, 0.15) is 158 Å². The van der Waals surface area contributed by atoms with Gasteiger partial charge in [-0.2, -0.15) is 0 Å². The summed E-state index contributed by atoms with van der Waals surface area (Å²) in [4.78, 5) is 32.7. The molecule has 0 bridgehead atoms. The average molecular weight is 1230 g/mol. The van der Waals surface area contributed by atoms with Crippen molar-refractivity contribution in [2.24, 2.45) is 0 Å². The second-order valence-electron chi connectivity index (χ2n) is 32.2. The Bertz CT molecular complexity index is 4520. The SMILES string of the molecule is CC(C)(C)c1ccc(-c2nc(-c3ccc(C(C)(C)C)cc3)nc(-c3cccc4c5cccc(-c6nc(-c7ccc(C(C)(C)C)cc7)nc(-c7ccc(C(C)(C)C)cc7)n6)c5n(-c5cc6c7c(c5)Oc5ccc(C(C)(C)C)cc5B7c5cc(C(C)(C)C)ccc5O6)c34)n2)cc1. The molecule has 2 aliphatic heterocycles. The van der Waals surface area contributed by atoms with Crippen molar-refractivity contribution < 1.29 is 9.47 Å². The van der Waals surface area contributed by atoms with Gasteiger partial charge in [0.15, 0.2) is 34.9 Å². The summed E-state index contributed by atoms with van der Waals surface area (Å²) < 4.78 is 17.0. The van der Waals surface area contributed by atoms with Crippen molar-refractivity contribution >= 4 is 44.9 Å². The maximum atomic E-state index is 7.31. The Labute approximate surface area is 555 Å². The number of rotatable bonds is 7. The molecule has 9 aromatic carbocycles. The molecule has 12 aromatic rings. The molecule has 470 valence electrons. The Kier molecular flexibility index (Phi) is 14.5. The van der Waals surface area contributed by atoms with Crippen molar-refractivity contribution in [1.82, 2.24) is 34.5 Å². The summed E-state index contributed by atoms with van der Waals surface area (Å²) in [7, 11) is 0. The van der Waals surface area contributed by atoms with Gasteiger partial charge in [0.1, 0.15) is 23.0 Å². The number of hydrogen-bond acceptors (Lipinski definition) is 8. The smallest absolute Gasteiger partial charge is 0.260 e. The highest BCUT2D eigenvalue weighted by molar-refractivity contribution is 6.98. The zero-order valence-electron chi connectivity index (χ0n) is 57.8. The fraction of sp³-hybridized carbons (Fsp3) is 0.286. The quantitative estimate of drug-likeness (QED) is 0.146. The number of para-hydroxylation sites is 2. The van der Waals surface area contributed by atoms with E-state index in [4.69, 9.17) is 39.4 Å². The lowest BCUT2D eigenvalue weighted by atomic mass is 9.34. The minimum atomic E-state index is -0.172. The molecule has 0 aliphatic carbocycles. The Morgan fingerprint density at radius 1 is 0.287 bits per heavy atom. The van der Waals surface area contributed by atoms with Gasteiger partial charge < -0.3 is 14.0 Å². The monoisotopic (exact) mass is 1230 g/mol. The van der Waals surface area contributed by atoms with Gasteiger partial charge in [0.25, 0.3) is 6.71 Å². The normalized spacial score (nSPS) is 13.4. The van der Waals surface area contributed by atoms with Crippen molar-refractivity contribution in [2.45, 2.75) is 157 Å². The number of nitrogens with zero attached hydrogens (tertiary/aromatic N) is 7. The fourth-order valence-electron chi connectivity index (χ4n) is 13.3. The van der Waals surface area contributed by atoms with Crippen LogP contribution in [-0.2, 0) is 32.5 Å². The number of ether oxygens (including phenoxy) is 2. The Morgan fingerprint density at radius 3 is 0.851 bits per heavy atom. The van der Waals surface area contributed by atoms with Gasteiger partial charge >= 0.3 is 0 Å². The lowest BCUT2D eigenvalue weighted by Crippen LogP contribution is -2.57. The third-order valence-corrected chi connectivity index (χ3v) is 19.0. The summed E-state index contributed by atoms with van der Waals surface area (Å²) in [6, 6.07) is 65.5. The standard InChI is InChI=1S/C84H84BN7O2/c1-79(2,3)53-33-25-49(26-34-53)73-86-74(50-27-35-54(36-28-50)80(4,5)6)89-77(88-73)62-23-19-21-60-61-22-20-24-63(78-90-75(51-29-37-55(38-30-51)81(7,8)9)87-76(91-78)52-31-39-56(40-32-52)82(10,11)12)72(61)92(71(60)62)59-47-68-70-69(48-59)94-67-44-42-58(84(16,17)18)46-65(67)85(70)64-45-57(83(13,14)15)41-43-66(64)93-68/h19-48H,1-18H3. The molecule has 0 unspecified atom stereocenters. The fourth-order valence-corrected chi connectivity index (χ4v) is 13.3. The molecule has 5 heterocycles. The molecule has 0 atom stereocenters. The van der Waals surface area contributed by atoms with E-state index in [2.05, 4.69) is 311 Å². The zero-order valence-corrected chi connectivity index (χ0v) is 57.8. The van der Waals surface area contributed by atoms with Crippen LogP contribution in [0.2, 0.25) is 0 Å². The number of hydrogen-bond donors (Lipinski definition) is 0. The van der Waals surface area contributed by atoms with Gasteiger partial charge in [-0.3, -0.25) is 0 Å². The summed E-state index contributed by atoms with van der Waals surface area (Å²) in [6.45, 7) is 40.3. The van der Waals surface area contributed by atoms with Gasteiger partial charge in [0.05, 0.1) is 16.7 Å². The van der Waals surface area contributed by atoms with Crippen LogP contribution >= 0.6 is 0 Å². The van der Waals surface area contributed by atoms with Gasteiger partial charge in [0, 0.05) is 61.7 Å². The second kappa shape index (κ2) is 22.0. The first kappa shape index (κ1) is 61.9. The van der Waals surface area contributed by atoms with Crippen LogP contribution in [0.4, 0.5) is 0 Å². The molecule has 0 saturated carbocycles. The second-order valence-corrected chi connectivity index (χ2v) is 32.2. The van der Waals surface area contributed by atoms with Crippen molar-refractivity contribution in [3.05, 3.63) is 215 Å². The van der Waals surface area contributed by atoms with Crippen molar-refractivity contribution in [3.63, 3.8) is 0 Å². The summed E-state index contributed by atoms with van der Waals surface area (Å²) in [5.74, 6) is 6.42. The molecule has 0 spiro atoms. The number of fused-ring (bicyclic) bond motifs is 7. The van der Waals surface area contributed by atoms with Crippen molar-refractivity contribution in [1.29, 1.82) is 0 Å². The van der Waals surface area contributed by atoms with E-state index in [1.807, 2.05) is 0 Å². The zero-order chi connectivity index (χ0) is 66.3. The molecule has 3 aromatic heterocycles. The van der Waals surface area contributed by atoms with E-state index in [0.29, 0.717) is 34.9 Å². The molecular formula is C84H84BN7O2. The highest BCUT2D eigenvalue weighted by atomic mass is 16.5. The first-order valence-electron chi connectivity index (χ1n) is 33.2. The summed E-state index contributed by atoms with van der Waals surface area (Å²) in [6.07, 6.45) is 0. The van der Waals surface area contributed by atoms with Crippen LogP contribution in [-0.4, -0.2) is 41.2 Å². The Morgan fingerprint density at radius 2 is 0.564 bits per heavy atom. The van der Waals surface area contributed by atoms with E-state index in [9.17, 15) is 0 Å². The predicted octanol–water partition coefficient (Wildman–Crippen LogP) is 19.7. The number of benzene rings is 9. The molecular weight excluding hydrogens is 1150 g/mol. The van der Waals surface area contributed by atoms with Crippen LogP contribution in [0, 0.1) is 0 Å². The molecule has 0 amide bonds. The van der Waals surface area contributed by atoms with Crippen LogP contribution in [0.15, 0.2) is 182 Å². The van der Waals surface area contributed by atoms with Gasteiger partial charge in [-0.25, -0.2) is 29.9 Å². The molecule has 0 N–H and O–H groups in total. The summed E-state index contributed by atoms with van der Waals surface area (Å²) >= 11 is 0. The summed E-state index contributed by atoms with van der Waals surface area (Å²) in [5, 5.41) is 1.97. The average Bonchev–Trinajstić information content (AvgIpc) is 1.31. The minimum absolute atomic E-state index is 0.0466. The molecule has 10 heteroatoms. The molecule has 0 fully saturated rings. The molecule has 0 saturated heterocycles. The van der Waals surface area contributed by atoms with Gasteiger partial charge in [0.2, 0.25) is 0 Å². The molecule has 9 nitrogen and oxygen atoms in total. The van der Waals surface area contributed by atoms with Crippen molar-refractivity contribution in [2.75, 3.05) is 0 Å². The molecule has 0 radical (unpaired) electrons. The Balaban J connectivity index is 1.07. The van der Waals surface area contributed by atoms with E-state index in [-0.39, 0.29) is 39.2 Å². The predicted molar refractivity (Wildman–Crippen MR) is 390 cm³/mol. The van der Waals surface area contributed by atoms with Crippen LogP contribution in [0.5, 0.6) is 23.0 Å².